The molecule has 0 spiro atoms. The number of nitrogens with two attached hydrogens (primary N) is 1. The molecule has 0 aliphatic heterocycles. The van der Waals surface area contributed by atoms with Crippen molar-refractivity contribution in [1.29, 1.82) is 0 Å². The van der Waals surface area contributed by atoms with Gasteiger partial charge in [-0.05, 0) is 37.7 Å². The van der Waals surface area contributed by atoms with Crippen molar-refractivity contribution in [2.24, 2.45) is 11.7 Å². The Labute approximate surface area is 116 Å². The monoisotopic (exact) mass is 276 g/mol. The van der Waals surface area contributed by atoms with Gasteiger partial charge in [-0.2, -0.15) is 4.98 Å². The lowest BCUT2D eigenvalue weighted by Crippen LogP contribution is -2.41. The van der Waals surface area contributed by atoms with Gasteiger partial charge in [0.15, 0.2) is 11.6 Å². The number of aromatic nitrogens is 3. The molecular formula is C14H17FN4O. The standard InChI is InChI=1S/C14H17FN4O/c1-9-2-5-14(16,6-3-9)13-18-12(20-19-13)10-4-7-17-8-11(10)15/h4,7-9H,2-3,5-6,16H2,1H3. The molecule has 0 aromatic carbocycles. The third-order valence-electron chi connectivity index (χ3n) is 4.04. The molecule has 106 valence electrons. The van der Waals surface area contributed by atoms with Gasteiger partial charge < -0.3 is 10.3 Å². The molecule has 5 nitrogen and oxygen atoms in total. The summed E-state index contributed by atoms with van der Waals surface area (Å²) < 4.78 is 18.8. The summed E-state index contributed by atoms with van der Waals surface area (Å²) in [5.41, 5.74) is 6.08. The SMILES string of the molecule is CC1CCC(N)(c2noc(-c3ccncc3F)n2)CC1. The van der Waals surface area contributed by atoms with E-state index >= 15 is 0 Å². The third-order valence-corrected chi connectivity index (χ3v) is 4.04. The Hall–Kier alpha value is -1.82. The quantitative estimate of drug-likeness (QED) is 0.912. The molecule has 1 fully saturated rings. The number of hydrogen-bond donors (Lipinski definition) is 1. The maximum absolute atomic E-state index is 13.7. The van der Waals surface area contributed by atoms with E-state index in [2.05, 4.69) is 22.0 Å². The van der Waals surface area contributed by atoms with Crippen LogP contribution in [-0.4, -0.2) is 15.1 Å². The van der Waals surface area contributed by atoms with Gasteiger partial charge in [-0.1, -0.05) is 12.1 Å². The lowest BCUT2D eigenvalue weighted by Gasteiger charge is -2.33. The molecule has 0 bridgehead atoms. The molecule has 0 unspecified atom stereocenters. The first-order valence-corrected chi connectivity index (χ1v) is 6.81. The minimum atomic E-state index is -0.558. The molecule has 1 saturated carbocycles. The predicted octanol–water partition coefficient (Wildman–Crippen LogP) is 2.63. The molecule has 2 N–H and O–H groups in total. The molecule has 0 saturated heterocycles. The molecule has 20 heavy (non-hydrogen) atoms. The van der Waals surface area contributed by atoms with Crippen molar-refractivity contribution in [2.45, 2.75) is 38.1 Å². The van der Waals surface area contributed by atoms with Crippen LogP contribution in [-0.2, 0) is 5.54 Å². The van der Waals surface area contributed by atoms with Crippen molar-refractivity contribution in [3.05, 3.63) is 30.1 Å². The van der Waals surface area contributed by atoms with Crippen molar-refractivity contribution >= 4 is 0 Å². The molecule has 2 aromatic heterocycles. The van der Waals surface area contributed by atoms with Crippen LogP contribution in [0.2, 0.25) is 0 Å². The van der Waals surface area contributed by atoms with Gasteiger partial charge in [0.2, 0.25) is 0 Å². The zero-order chi connectivity index (χ0) is 14.2. The van der Waals surface area contributed by atoms with E-state index in [9.17, 15) is 4.39 Å². The highest BCUT2D eigenvalue weighted by Gasteiger charge is 2.36. The lowest BCUT2D eigenvalue weighted by atomic mass is 9.77. The van der Waals surface area contributed by atoms with Crippen LogP contribution in [0, 0.1) is 11.7 Å². The Morgan fingerprint density at radius 3 is 2.85 bits per heavy atom. The Balaban J connectivity index is 1.89. The summed E-state index contributed by atoms with van der Waals surface area (Å²) in [4.78, 5) is 7.99. The highest BCUT2D eigenvalue weighted by atomic mass is 19.1. The molecule has 2 heterocycles. The second-order valence-electron chi connectivity index (χ2n) is 5.62. The van der Waals surface area contributed by atoms with Crippen LogP contribution in [0.1, 0.15) is 38.4 Å². The van der Waals surface area contributed by atoms with Crippen LogP contribution >= 0.6 is 0 Å². The largest absolute Gasteiger partial charge is 0.334 e. The van der Waals surface area contributed by atoms with E-state index in [1.165, 1.54) is 12.3 Å². The molecule has 0 radical (unpaired) electrons. The predicted molar refractivity (Wildman–Crippen MR) is 71.0 cm³/mol. The Morgan fingerprint density at radius 2 is 2.15 bits per heavy atom. The average molecular weight is 276 g/mol. The van der Waals surface area contributed by atoms with Gasteiger partial charge >= 0.3 is 0 Å². The lowest BCUT2D eigenvalue weighted by molar-refractivity contribution is 0.230. The van der Waals surface area contributed by atoms with Gasteiger partial charge in [0, 0.05) is 6.20 Å². The summed E-state index contributed by atoms with van der Waals surface area (Å²) in [7, 11) is 0. The van der Waals surface area contributed by atoms with E-state index < -0.39 is 11.4 Å². The zero-order valence-electron chi connectivity index (χ0n) is 11.3. The molecular weight excluding hydrogens is 259 g/mol. The van der Waals surface area contributed by atoms with Crippen LogP contribution in [0.25, 0.3) is 11.5 Å². The average Bonchev–Trinajstić information content (AvgIpc) is 2.93. The number of nitrogens with zero attached hydrogens (tertiary/aromatic N) is 3. The van der Waals surface area contributed by atoms with Crippen LogP contribution in [0.4, 0.5) is 4.39 Å². The van der Waals surface area contributed by atoms with E-state index in [-0.39, 0.29) is 11.5 Å². The Bertz CT molecular complexity index is 605. The van der Waals surface area contributed by atoms with E-state index in [0.717, 1.165) is 31.9 Å². The molecule has 3 rings (SSSR count). The fraction of sp³-hybridized carbons (Fsp3) is 0.500. The molecule has 1 aliphatic carbocycles. The number of hydrogen-bond acceptors (Lipinski definition) is 5. The van der Waals surface area contributed by atoms with Crippen LogP contribution in [0.15, 0.2) is 23.0 Å². The first-order valence-electron chi connectivity index (χ1n) is 6.81. The van der Waals surface area contributed by atoms with E-state index in [4.69, 9.17) is 10.3 Å². The van der Waals surface area contributed by atoms with Crippen molar-refractivity contribution in [2.75, 3.05) is 0 Å². The fourth-order valence-corrected chi connectivity index (χ4v) is 2.58. The summed E-state index contributed by atoms with van der Waals surface area (Å²) >= 11 is 0. The molecule has 2 aromatic rings. The number of pyridine rings is 1. The smallest absolute Gasteiger partial charge is 0.261 e. The second kappa shape index (κ2) is 4.94. The van der Waals surface area contributed by atoms with E-state index in [0.29, 0.717) is 11.7 Å². The van der Waals surface area contributed by atoms with Crippen molar-refractivity contribution in [3.8, 4) is 11.5 Å². The Morgan fingerprint density at radius 1 is 1.40 bits per heavy atom. The zero-order valence-corrected chi connectivity index (χ0v) is 11.3. The fourth-order valence-electron chi connectivity index (χ4n) is 2.58. The summed E-state index contributed by atoms with van der Waals surface area (Å²) in [6.07, 6.45) is 6.36. The highest BCUT2D eigenvalue weighted by molar-refractivity contribution is 5.52. The molecule has 0 atom stereocenters. The summed E-state index contributed by atoms with van der Waals surface area (Å²) in [5.74, 6) is 0.820. The molecule has 1 aliphatic rings. The third kappa shape index (κ3) is 2.31. The topological polar surface area (TPSA) is 77.8 Å². The molecule has 6 heteroatoms. The molecule has 0 amide bonds. The van der Waals surface area contributed by atoms with Crippen molar-refractivity contribution in [1.82, 2.24) is 15.1 Å². The van der Waals surface area contributed by atoms with Gasteiger partial charge in [-0.25, -0.2) is 4.39 Å². The maximum atomic E-state index is 13.7. The number of rotatable bonds is 2. The van der Waals surface area contributed by atoms with Crippen LogP contribution in [0.5, 0.6) is 0 Å². The first-order chi connectivity index (χ1) is 9.58. The van der Waals surface area contributed by atoms with E-state index in [1.807, 2.05) is 0 Å². The minimum absolute atomic E-state index is 0.156. The van der Waals surface area contributed by atoms with Gasteiger partial charge in [0.05, 0.1) is 17.3 Å². The maximum Gasteiger partial charge on any atom is 0.261 e. The van der Waals surface area contributed by atoms with Gasteiger partial charge in [-0.3, -0.25) is 4.98 Å². The normalized spacial score (nSPS) is 26.6. The van der Waals surface area contributed by atoms with Gasteiger partial charge in [0.1, 0.15) is 0 Å². The van der Waals surface area contributed by atoms with E-state index in [1.54, 1.807) is 0 Å². The highest BCUT2D eigenvalue weighted by Crippen LogP contribution is 2.36. The summed E-state index contributed by atoms with van der Waals surface area (Å²) in [6, 6.07) is 1.51. The van der Waals surface area contributed by atoms with Crippen molar-refractivity contribution < 1.29 is 8.91 Å². The summed E-state index contributed by atoms with van der Waals surface area (Å²) in [5, 5.41) is 3.96. The van der Waals surface area contributed by atoms with Crippen LogP contribution in [0.3, 0.4) is 0 Å². The Kier molecular flexibility index (Phi) is 3.25. The minimum Gasteiger partial charge on any atom is -0.334 e. The second-order valence-corrected chi connectivity index (χ2v) is 5.62. The number of halogens is 1. The summed E-state index contributed by atoms with van der Waals surface area (Å²) in [6.45, 7) is 2.22. The first kappa shape index (κ1) is 13.2. The van der Waals surface area contributed by atoms with Gasteiger partial charge in [0.25, 0.3) is 5.89 Å². The van der Waals surface area contributed by atoms with Crippen molar-refractivity contribution in [3.63, 3.8) is 0 Å². The van der Waals surface area contributed by atoms with Crippen LogP contribution < -0.4 is 5.73 Å². The van der Waals surface area contributed by atoms with Gasteiger partial charge in [-0.15, -0.1) is 0 Å².